The Balaban J connectivity index is 1.92. The molecule has 1 heterocycles. The van der Waals surface area contributed by atoms with Crippen molar-refractivity contribution in [1.29, 1.82) is 0 Å². The molecule has 1 aliphatic heterocycles. The number of nitrogens with zero attached hydrogens (tertiary/aromatic N) is 1. The quantitative estimate of drug-likeness (QED) is 0.443. The van der Waals surface area contributed by atoms with E-state index < -0.39 is 23.8 Å². The van der Waals surface area contributed by atoms with Gasteiger partial charge in [0.05, 0.1) is 18.9 Å². The fraction of sp³-hybridized carbons (Fsp3) is 0.591. The van der Waals surface area contributed by atoms with Crippen LogP contribution in [0, 0.1) is 5.92 Å². The van der Waals surface area contributed by atoms with Crippen LogP contribution in [0.3, 0.4) is 0 Å². The monoisotopic (exact) mass is 417 g/mol. The Morgan fingerprint density at radius 1 is 1.17 bits per heavy atom. The minimum absolute atomic E-state index is 0.112. The second kappa shape index (κ2) is 9.93. The van der Waals surface area contributed by atoms with E-state index in [2.05, 4.69) is 5.32 Å². The summed E-state index contributed by atoms with van der Waals surface area (Å²) in [5.74, 6) is -1.90. The molecule has 0 aromatic heterocycles. The van der Waals surface area contributed by atoms with Crippen molar-refractivity contribution in [2.45, 2.75) is 63.5 Å². The standard InChI is InChI=1S/C22H31N3O5/c1-3-17(20(26)24-29)19(14-7-11-16(30-2)12-8-14)22(28)25-13-5-4-6-18(25)21(27)23-15-9-10-15/h7-8,11-12,15,17-19,29H,3-6,9-10,13H2,1-2H3,(H,23,27)(H,24,26)/t17-,18-,19+/m0/s1. The number of hydroxylamine groups is 1. The van der Waals surface area contributed by atoms with Crippen molar-refractivity contribution in [3.8, 4) is 5.75 Å². The number of piperidine rings is 1. The Morgan fingerprint density at radius 2 is 1.87 bits per heavy atom. The summed E-state index contributed by atoms with van der Waals surface area (Å²) in [6.45, 7) is 2.28. The third-order valence-corrected chi connectivity index (χ3v) is 6.04. The van der Waals surface area contributed by atoms with Crippen LogP contribution in [0.1, 0.15) is 56.9 Å². The number of rotatable bonds is 8. The van der Waals surface area contributed by atoms with Crippen molar-refractivity contribution in [2.24, 2.45) is 5.92 Å². The summed E-state index contributed by atoms with van der Waals surface area (Å²) in [5.41, 5.74) is 2.36. The second-order valence-corrected chi connectivity index (χ2v) is 8.07. The van der Waals surface area contributed by atoms with E-state index in [0.29, 0.717) is 30.7 Å². The van der Waals surface area contributed by atoms with Crippen molar-refractivity contribution in [3.05, 3.63) is 29.8 Å². The number of hydrogen-bond donors (Lipinski definition) is 3. The van der Waals surface area contributed by atoms with Gasteiger partial charge in [-0.25, -0.2) is 5.48 Å². The van der Waals surface area contributed by atoms with Gasteiger partial charge in [0.25, 0.3) is 0 Å². The van der Waals surface area contributed by atoms with Gasteiger partial charge >= 0.3 is 0 Å². The first-order valence-electron chi connectivity index (χ1n) is 10.7. The fourth-order valence-corrected chi connectivity index (χ4v) is 4.19. The van der Waals surface area contributed by atoms with Gasteiger partial charge in [0.1, 0.15) is 11.8 Å². The molecule has 30 heavy (non-hydrogen) atoms. The molecule has 3 amide bonds. The van der Waals surface area contributed by atoms with Gasteiger partial charge in [-0.15, -0.1) is 0 Å². The highest BCUT2D eigenvalue weighted by Crippen LogP contribution is 2.33. The number of carbonyl (C=O) groups is 3. The Morgan fingerprint density at radius 3 is 2.43 bits per heavy atom. The Kier molecular flexibility index (Phi) is 7.31. The van der Waals surface area contributed by atoms with Gasteiger partial charge in [0, 0.05) is 12.6 Å². The zero-order valence-corrected chi connectivity index (χ0v) is 17.6. The third kappa shape index (κ3) is 4.92. The van der Waals surface area contributed by atoms with E-state index in [9.17, 15) is 19.6 Å². The minimum atomic E-state index is -0.803. The Hall–Kier alpha value is -2.61. The molecule has 3 N–H and O–H groups in total. The third-order valence-electron chi connectivity index (χ3n) is 6.04. The fourth-order valence-electron chi connectivity index (χ4n) is 4.19. The molecule has 0 radical (unpaired) electrons. The number of benzene rings is 1. The lowest BCUT2D eigenvalue weighted by molar-refractivity contribution is -0.147. The summed E-state index contributed by atoms with van der Waals surface area (Å²) < 4.78 is 5.20. The van der Waals surface area contributed by atoms with Crippen molar-refractivity contribution in [2.75, 3.05) is 13.7 Å². The van der Waals surface area contributed by atoms with Gasteiger partial charge in [0.2, 0.25) is 17.7 Å². The lowest BCUT2D eigenvalue weighted by Gasteiger charge is -2.38. The van der Waals surface area contributed by atoms with Crippen molar-refractivity contribution in [1.82, 2.24) is 15.7 Å². The summed E-state index contributed by atoms with van der Waals surface area (Å²) in [5, 5.41) is 12.3. The lowest BCUT2D eigenvalue weighted by Crippen LogP contribution is -2.54. The van der Waals surface area contributed by atoms with E-state index in [-0.39, 0.29) is 17.9 Å². The number of amides is 3. The smallest absolute Gasteiger partial charge is 0.247 e. The van der Waals surface area contributed by atoms with Crippen LogP contribution in [-0.4, -0.2) is 53.6 Å². The molecule has 3 rings (SSSR count). The molecule has 3 atom stereocenters. The number of carbonyl (C=O) groups excluding carboxylic acids is 3. The van der Waals surface area contributed by atoms with Gasteiger partial charge < -0.3 is 15.0 Å². The van der Waals surface area contributed by atoms with E-state index in [1.165, 1.54) is 0 Å². The molecule has 0 bridgehead atoms. The number of hydrogen-bond acceptors (Lipinski definition) is 5. The first kappa shape index (κ1) is 22.1. The van der Waals surface area contributed by atoms with E-state index in [1.807, 2.05) is 0 Å². The second-order valence-electron chi connectivity index (χ2n) is 8.07. The van der Waals surface area contributed by atoms with Gasteiger partial charge in [-0.3, -0.25) is 19.6 Å². The minimum Gasteiger partial charge on any atom is -0.497 e. The summed E-state index contributed by atoms with van der Waals surface area (Å²) in [6, 6.07) is 6.70. The lowest BCUT2D eigenvalue weighted by atomic mass is 9.81. The highest BCUT2D eigenvalue weighted by Gasteiger charge is 2.41. The van der Waals surface area contributed by atoms with Crippen LogP contribution >= 0.6 is 0 Å². The molecule has 164 valence electrons. The molecule has 1 aromatic carbocycles. The molecule has 1 aliphatic carbocycles. The van der Waals surface area contributed by atoms with Crippen molar-refractivity contribution < 1.29 is 24.3 Å². The first-order chi connectivity index (χ1) is 14.5. The predicted molar refractivity (Wildman–Crippen MR) is 110 cm³/mol. The number of nitrogens with one attached hydrogen (secondary N) is 2. The predicted octanol–water partition coefficient (Wildman–Crippen LogP) is 1.97. The Labute approximate surface area is 176 Å². The maximum Gasteiger partial charge on any atom is 0.247 e. The van der Waals surface area contributed by atoms with Crippen LogP contribution < -0.4 is 15.5 Å². The van der Waals surface area contributed by atoms with Crippen LogP contribution in [0.4, 0.5) is 0 Å². The van der Waals surface area contributed by atoms with Gasteiger partial charge in [-0.2, -0.15) is 0 Å². The molecule has 1 aromatic rings. The number of ether oxygens (including phenoxy) is 1. The normalized spacial score (nSPS) is 20.8. The molecule has 1 saturated heterocycles. The molecule has 8 nitrogen and oxygen atoms in total. The van der Waals surface area contributed by atoms with Crippen molar-refractivity contribution >= 4 is 17.7 Å². The maximum absolute atomic E-state index is 13.7. The summed E-state index contributed by atoms with van der Waals surface area (Å²) in [4.78, 5) is 40.6. The average molecular weight is 418 g/mol. The summed E-state index contributed by atoms with van der Waals surface area (Å²) in [6.07, 6.45) is 4.64. The molecule has 0 spiro atoms. The van der Waals surface area contributed by atoms with Crippen LogP contribution in [0.25, 0.3) is 0 Å². The van der Waals surface area contributed by atoms with Crippen LogP contribution in [0.5, 0.6) is 5.75 Å². The van der Waals surface area contributed by atoms with Gasteiger partial charge in [-0.05, 0) is 56.2 Å². The van der Waals surface area contributed by atoms with Gasteiger partial charge in [-0.1, -0.05) is 19.1 Å². The molecule has 0 unspecified atom stereocenters. The largest absolute Gasteiger partial charge is 0.497 e. The van der Waals surface area contributed by atoms with Crippen molar-refractivity contribution in [3.63, 3.8) is 0 Å². The zero-order chi connectivity index (χ0) is 21.7. The average Bonchev–Trinajstić information content (AvgIpc) is 3.60. The number of methoxy groups -OCH3 is 1. The molecule has 8 heteroatoms. The Bertz CT molecular complexity index is 763. The number of likely N-dealkylation sites (tertiary alicyclic amines) is 1. The van der Waals surface area contributed by atoms with E-state index in [4.69, 9.17) is 4.74 Å². The first-order valence-corrected chi connectivity index (χ1v) is 10.7. The van der Waals surface area contributed by atoms with E-state index in [1.54, 1.807) is 48.7 Å². The zero-order valence-electron chi connectivity index (χ0n) is 17.6. The van der Waals surface area contributed by atoms with Crippen LogP contribution in [-0.2, 0) is 14.4 Å². The highest BCUT2D eigenvalue weighted by atomic mass is 16.5. The molecular formula is C22H31N3O5. The summed E-state index contributed by atoms with van der Waals surface area (Å²) >= 11 is 0. The molecular weight excluding hydrogens is 386 g/mol. The molecule has 1 saturated carbocycles. The van der Waals surface area contributed by atoms with Crippen LogP contribution in [0.2, 0.25) is 0 Å². The van der Waals surface area contributed by atoms with Gasteiger partial charge in [0.15, 0.2) is 0 Å². The maximum atomic E-state index is 13.7. The highest BCUT2D eigenvalue weighted by molar-refractivity contribution is 5.94. The SMILES string of the molecule is CC[C@H](C(=O)NO)[C@H](C(=O)N1CCCC[C@H]1C(=O)NC1CC1)c1ccc(OC)cc1. The molecule has 2 fully saturated rings. The van der Waals surface area contributed by atoms with E-state index in [0.717, 1.165) is 25.7 Å². The van der Waals surface area contributed by atoms with Crippen LogP contribution in [0.15, 0.2) is 24.3 Å². The molecule has 2 aliphatic rings. The summed E-state index contributed by atoms with van der Waals surface area (Å²) in [7, 11) is 1.56. The van der Waals surface area contributed by atoms with E-state index >= 15 is 0 Å². The topological polar surface area (TPSA) is 108 Å².